The number of benzene rings is 6. The maximum absolute atomic E-state index is 2.95. The number of aryl methyl sites for hydroxylation is 2. The van der Waals surface area contributed by atoms with Crippen LogP contribution >= 0.6 is 0 Å². The molecule has 2 saturated carbocycles. The molecule has 1 aromatic heterocycles. The van der Waals surface area contributed by atoms with Gasteiger partial charge in [-0.2, -0.15) is 0 Å². The van der Waals surface area contributed by atoms with E-state index in [1.807, 2.05) is 0 Å². The second-order valence-electron chi connectivity index (χ2n) is 19.3. The van der Waals surface area contributed by atoms with Crippen molar-refractivity contribution in [2.24, 2.45) is 0 Å². The van der Waals surface area contributed by atoms with Crippen LogP contribution in [0.4, 0.5) is 22.7 Å². The molecule has 0 bridgehead atoms. The second kappa shape index (κ2) is 10.6. The van der Waals surface area contributed by atoms with Gasteiger partial charge in [-0.25, -0.2) is 0 Å². The molecule has 57 heavy (non-hydrogen) atoms. The lowest BCUT2D eigenvalue weighted by atomic mass is 9.33. The van der Waals surface area contributed by atoms with Crippen molar-refractivity contribution in [1.82, 2.24) is 4.57 Å². The summed E-state index contributed by atoms with van der Waals surface area (Å²) in [5, 5.41) is 2.71. The lowest BCUT2D eigenvalue weighted by molar-refractivity contribution is 0.194. The van der Waals surface area contributed by atoms with Crippen LogP contribution in [-0.2, 0) is 10.8 Å². The van der Waals surface area contributed by atoms with Gasteiger partial charge in [0.25, 0.3) is 6.71 Å². The summed E-state index contributed by atoms with van der Waals surface area (Å²) in [7, 11) is 0. The van der Waals surface area contributed by atoms with E-state index in [0.29, 0.717) is 0 Å². The molecule has 2 aliphatic carbocycles. The molecule has 13 rings (SSSR count). The Balaban J connectivity index is 1.19. The van der Waals surface area contributed by atoms with Crippen LogP contribution in [-0.4, -0.2) is 22.4 Å². The molecule has 4 heteroatoms. The Labute approximate surface area is 337 Å². The molecule has 0 radical (unpaired) electrons. The monoisotopic (exact) mass is 739 g/mol. The van der Waals surface area contributed by atoms with Gasteiger partial charge in [0.2, 0.25) is 0 Å². The molecule has 0 spiro atoms. The average molecular weight is 740 g/mol. The van der Waals surface area contributed by atoms with Crippen molar-refractivity contribution in [2.75, 3.05) is 9.80 Å². The predicted molar refractivity (Wildman–Crippen MR) is 240 cm³/mol. The standard InChI is InChI=1S/C53H50BN3/c1-33-30-34(2)46-49-45(33)50(3)26-13-14-27-51(50,4)57(49)44-32-36(31-43-47(44)54(46)40-23-17-21-38-37-20-9-11-24-41(37)55(43)48(38)40)56-42-25-12-10-22-39(42)53(35-18-7-6-8-19-35)29-16-15-28-52(53,56)5/h6-12,17-25,30-32H,13-16,26-29H2,1-5H3. The normalized spacial score (nSPS) is 27.4. The highest BCUT2D eigenvalue weighted by atomic mass is 15.3. The quantitative estimate of drug-likeness (QED) is 0.164. The van der Waals surface area contributed by atoms with Crippen LogP contribution in [0.15, 0.2) is 115 Å². The Morgan fingerprint density at radius 1 is 0.561 bits per heavy atom. The Morgan fingerprint density at radius 3 is 2.12 bits per heavy atom. The number of rotatable bonds is 2. The summed E-state index contributed by atoms with van der Waals surface area (Å²) >= 11 is 0. The zero-order valence-electron chi connectivity index (χ0n) is 34.0. The van der Waals surface area contributed by atoms with Gasteiger partial charge in [0.1, 0.15) is 0 Å². The SMILES string of the molecule is Cc1cc(C)c2c3c1B1c4c(cc(N5c6ccccc6C6(c7ccccc7)CCCCC56C)cc4-n4c5ccccc5c5cccc1c54)N3C1(C)CCCCC21C. The maximum Gasteiger partial charge on any atom is 0.252 e. The molecule has 0 amide bonds. The van der Waals surface area contributed by atoms with Gasteiger partial charge in [-0.15, -0.1) is 0 Å². The molecule has 7 aromatic rings. The van der Waals surface area contributed by atoms with Crippen LogP contribution in [0.3, 0.4) is 0 Å². The number of hydrogen-bond donors (Lipinski definition) is 0. The van der Waals surface area contributed by atoms with Gasteiger partial charge < -0.3 is 14.4 Å². The molecule has 4 aliphatic heterocycles. The summed E-state index contributed by atoms with van der Waals surface area (Å²) in [6, 6.07) is 45.3. The fraction of sp³-hybridized carbons (Fsp3) is 0.321. The van der Waals surface area contributed by atoms with Gasteiger partial charge in [-0.1, -0.05) is 129 Å². The Hall–Kier alpha value is -5.22. The minimum atomic E-state index is -0.142. The average Bonchev–Trinajstić information content (AvgIpc) is 3.77. The van der Waals surface area contributed by atoms with Crippen molar-refractivity contribution >= 4 is 67.7 Å². The summed E-state index contributed by atoms with van der Waals surface area (Å²) in [5.41, 5.74) is 21.5. The van der Waals surface area contributed by atoms with Crippen molar-refractivity contribution in [3.8, 4) is 5.69 Å². The summed E-state index contributed by atoms with van der Waals surface area (Å²) < 4.78 is 2.68. The largest absolute Gasteiger partial charge is 0.335 e. The zero-order valence-corrected chi connectivity index (χ0v) is 34.0. The smallest absolute Gasteiger partial charge is 0.252 e. The third-order valence-corrected chi connectivity index (χ3v) is 17.0. The van der Waals surface area contributed by atoms with E-state index in [2.05, 4.69) is 164 Å². The topological polar surface area (TPSA) is 11.4 Å². The van der Waals surface area contributed by atoms with Gasteiger partial charge in [-0.3, -0.25) is 0 Å². The highest BCUT2D eigenvalue weighted by Gasteiger charge is 2.64. The highest BCUT2D eigenvalue weighted by Crippen LogP contribution is 2.66. The summed E-state index contributed by atoms with van der Waals surface area (Å²) in [4.78, 5) is 5.79. The molecule has 6 aromatic carbocycles. The first-order chi connectivity index (χ1) is 27.7. The molecule has 2 fully saturated rings. The Morgan fingerprint density at radius 2 is 1.26 bits per heavy atom. The zero-order chi connectivity index (χ0) is 38.2. The van der Waals surface area contributed by atoms with Gasteiger partial charge in [0, 0.05) is 55.6 Å². The second-order valence-corrected chi connectivity index (χ2v) is 19.3. The molecule has 0 saturated heterocycles. The minimum absolute atomic E-state index is 0.0330. The number of nitrogens with zero attached hydrogens (tertiary/aromatic N) is 3. The molecule has 6 aliphatic rings. The predicted octanol–water partition coefficient (Wildman–Crippen LogP) is 11.1. The molecule has 4 atom stereocenters. The van der Waals surface area contributed by atoms with E-state index in [0.717, 1.165) is 12.8 Å². The highest BCUT2D eigenvalue weighted by molar-refractivity contribution is 7.00. The van der Waals surface area contributed by atoms with E-state index < -0.39 is 0 Å². The van der Waals surface area contributed by atoms with Crippen LogP contribution < -0.4 is 26.2 Å². The molecule has 280 valence electrons. The van der Waals surface area contributed by atoms with E-state index in [1.54, 1.807) is 11.0 Å². The van der Waals surface area contributed by atoms with Gasteiger partial charge in [0.05, 0.1) is 16.6 Å². The first-order valence-electron chi connectivity index (χ1n) is 21.8. The number of fused-ring (bicyclic) bond motifs is 13. The fourth-order valence-electron chi connectivity index (χ4n) is 14.7. The third-order valence-electron chi connectivity index (χ3n) is 17.0. The summed E-state index contributed by atoms with van der Waals surface area (Å²) in [5.74, 6) is 0. The van der Waals surface area contributed by atoms with E-state index in [9.17, 15) is 0 Å². The van der Waals surface area contributed by atoms with Crippen LogP contribution in [0.1, 0.15) is 100.0 Å². The first kappa shape index (κ1) is 32.8. The molecular formula is C53H50BN3. The van der Waals surface area contributed by atoms with E-state index in [-0.39, 0.29) is 28.6 Å². The summed E-state index contributed by atoms with van der Waals surface area (Å²) in [6.07, 6.45) is 9.81. The van der Waals surface area contributed by atoms with E-state index >= 15 is 0 Å². The number of para-hydroxylation sites is 3. The molecule has 5 heterocycles. The molecule has 0 N–H and O–H groups in total. The molecule has 3 nitrogen and oxygen atoms in total. The summed E-state index contributed by atoms with van der Waals surface area (Å²) in [6.45, 7) is 12.9. The number of anilines is 4. The van der Waals surface area contributed by atoms with Gasteiger partial charge in [0.15, 0.2) is 0 Å². The van der Waals surface area contributed by atoms with Gasteiger partial charge in [-0.05, 0) is 116 Å². The van der Waals surface area contributed by atoms with Crippen LogP contribution in [0.2, 0.25) is 0 Å². The van der Waals surface area contributed by atoms with Crippen LogP contribution in [0.25, 0.3) is 27.5 Å². The number of hydrogen-bond acceptors (Lipinski definition) is 2. The fourth-order valence-corrected chi connectivity index (χ4v) is 14.7. The van der Waals surface area contributed by atoms with Crippen molar-refractivity contribution in [3.05, 3.63) is 143 Å². The third kappa shape index (κ3) is 3.54. The molecular weight excluding hydrogens is 689 g/mol. The van der Waals surface area contributed by atoms with Crippen molar-refractivity contribution in [2.45, 2.75) is 108 Å². The first-order valence-corrected chi connectivity index (χ1v) is 21.8. The maximum atomic E-state index is 2.95. The van der Waals surface area contributed by atoms with Crippen molar-refractivity contribution in [3.63, 3.8) is 0 Å². The lowest BCUT2D eigenvalue weighted by Crippen LogP contribution is -2.64. The van der Waals surface area contributed by atoms with Crippen LogP contribution in [0, 0.1) is 13.8 Å². The van der Waals surface area contributed by atoms with Gasteiger partial charge >= 0.3 is 0 Å². The minimum Gasteiger partial charge on any atom is -0.335 e. The van der Waals surface area contributed by atoms with E-state index in [1.165, 1.54) is 122 Å². The Bertz CT molecular complexity index is 2920. The van der Waals surface area contributed by atoms with Crippen LogP contribution in [0.5, 0.6) is 0 Å². The lowest BCUT2D eigenvalue weighted by Gasteiger charge is -2.54. The number of aromatic nitrogens is 1. The molecule has 4 unspecified atom stereocenters. The van der Waals surface area contributed by atoms with Crippen molar-refractivity contribution < 1.29 is 0 Å². The Kier molecular flexibility index (Phi) is 6.13. The van der Waals surface area contributed by atoms with Crippen molar-refractivity contribution in [1.29, 1.82) is 0 Å². The van der Waals surface area contributed by atoms with E-state index in [4.69, 9.17) is 0 Å².